The topological polar surface area (TPSA) is 58.6 Å². The zero-order valence-corrected chi connectivity index (χ0v) is 10.7. The Labute approximate surface area is 113 Å². The van der Waals surface area contributed by atoms with E-state index in [-0.39, 0.29) is 17.9 Å². The fourth-order valence-corrected chi connectivity index (χ4v) is 1.48. The average molecular weight is 289 g/mol. The first-order valence-electron chi connectivity index (χ1n) is 5.84. The molecule has 2 N–H and O–H groups in total. The van der Waals surface area contributed by atoms with Crippen LogP contribution < -0.4 is 10.1 Å². The van der Waals surface area contributed by atoms with Crippen LogP contribution in [0.2, 0.25) is 0 Å². The monoisotopic (exact) mass is 289 g/mol. The summed E-state index contributed by atoms with van der Waals surface area (Å²) in [6.45, 7) is 1.91. The molecule has 110 valence electrons. The Kier molecular flexibility index (Phi) is 5.42. The average Bonchev–Trinajstić information content (AvgIpc) is 2.32. The van der Waals surface area contributed by atoms with Gasteiger partial charge in [-0.2, -0.15) is 0 Å². The maximum absolute atomic E-state index is 12.0. The predicted octanol–water partition coefficient (Wildman–Crippen LogP) is 3.42. The van der Waals surface area contributed by atoms with Gasteiger partial charge in [-0.25, -0.2) is 4.79 Å². The fraction of sp³-hybridized carbons (Fsp3) is 0.308. The molecule has 0 atom stereocenters. The number of halogens is 3. The molecule has 0 aromatic heterocycles. The van der Waals surface area contributed by atoms with Crippen LogP contribution in [0, 0.1) is 0 Å². The van der Waals surface area contributed by atoms with Crippen LogP contribution in [0.5, 0.6) is 5.75 Å². The molecule has 0 radical (unpaired) electrons. The van der Waals surface area contributed by atoms with Gasteiger partial charge in [0.15, 0.2) is 0 Å². The summed E-state index contributed by atoms with van der Waals surface area (Å²) in [6.07, 6.45) is -2.90. The molecular formula is C13H14F3NO3. The quantitative estimate of drug-likeness (QED) is 0.788. The van der Waals surface area contributed by atoms with Crippen LogP contribution in [0.25, 0.3) is 0 Å². The van der Waals surface area contributed by atoms with Crippen LogP contribution in [-0.2, 0) is 4.79 Å². The van der Waals surface area contributed by atoms with Crippen molar-refractivity contribution in [2.75, 3.05) is 11.9 Å². The van der Waals surface area contributed by atoms with Crippen LogP contribution in [-0.4, -0.2) is 24.0 Å². The Bertz CT molecular complexity index is 498. The second-order valence-corrected chi connectivity index (χ2v) is 3.84. The lowest BCUT2D eigenvalue weighted by Gasteiger charge is -2.10. The molecule has 0 saturated heterocycles. The number of benzene rings is 1. The summed E-state index contributed by atoms with van der Waals surface area (Å²) in [4.78, 5) is 10.7. The number of anilines is 1. The maximum Gasteiger partial charge on any atom is 0.573 e. The molecular weight excluding hydrogens is 275 g/mol. The lowest BCUT2D eigenvalue weighted by Crippen LogP contribution is -2.17. The van der Waals surface area contributed by atoms with Crippen molar-refractivity contribution in [3.8, 4) is 5.75 Å². The second kappa shape index (κ2) is 6.83. The lowest BCUT2D eigenvalue weighted by atomic mass is 10.2. The minimum atomic E-state index is -4.74. The van der Waals surface area contributed by atoms with Gasteiger partial charge in [0.25, 0.3) is 0 Å². The van der Waals surface area contributed by atoms with E-state index in [2.05, 4.69) is 10.1 Å². The molecule has 0 heterocycles. The molecule has 20 heavy (non-hydrogen) atoms. The van der Waals surface area contributed by atoms with E-state index < -0.39 is 12.3 Å². The van der Waals surface area contributed by atoms with Crippen LogP contribution in [0.15, 0.2) is 35.9 Å². The van der Waals surface area contributed by atoms with E-state index in [1.165, 1.54) is 24.3 Å². The highest BCUT2D eigenvalue weighted by atomic mass is 19.4. The molecule has 1 aromatic rings. The molecule has 1 rings (SSSR count). The molecule has 0 fully saturated rings. The molecule has 0 spiro atoms. The molecule has 0 aliphatic heterocycles. The van der Waals surface area contributed by atoms with Gasteiger partial charge in [-0.1, -0.05) is 19.1 Å². The summed E-state index contributed by atoms with van der Waals surface area (Å²) < 4.78 is 39.9. The van der Waals surface area contributed by atoms with Crippen LogP contribution in [0.4, 0.5) is 18.9 Å². The fourth-order valence-electron chi connectivity index (χ4n) is 1.48. The van der Waals surface area contributed by atoms with Crippen molar-refractivity contribution < 1.29 is 27.8 Å². The molecule has 0 amide bonds. The van der Waals surface area contributed by atoms with Crippen molar-refractivity contribution in [3.05, 3.63) is 35.9 Å². The third-order valence-electron chi connectivity index (χ3n) is 2.38. The Morgan fingerprint density at radius 2 is 2.15 bits per heavy atom. The number of hydrogen-bond acceptors (Lipinski definition) is 3. The summed E-state index contributed by atoms with van der Waals surface area (Å²) in [7, 11) is 0. The van der Waals surface area contributed by atoms with E-state index in [1.54, 1.807) is 13.0 Å². The van der Waals surface area contributed by atoms with Crippen molar-refractivity contribution in [1.29, 1.82) is 0 Å². The highest BCUT2D eigenvalue weighted by molar-refractivity contribution is 5.86. The Morgan fingerprint density at radius 1 is 1.45 bits per heavy atom. The first kappa shape index (κ1) is 15.9. The van der Waals surface area contributed by atoms with E-state index in [4.69, 9.17) is 5.11 Å². The number of carboxylic acid groups (broad SMARTS) is 1. The van der Waals surface area contributed by atoms with E-state index in [1.807, 2.05) is 0 Å². The Balaban J connectivity index is 2.65. The van der Waals surface area contributed by atoms with Gasteiger partial charge in [-0.3, -0.25) is 0 Å². The predicted molar refractivity (Wildman–Crippen MR) is 67.6 cm³/mol. The van der Waals surface area contributed by atoms with Crippen molar-refractivity contribution in [3.63, 3.8) is 0 Å². The van der Waals surface area contributed by atoms with E-state index in [9.17, 15) is 18.0 Å². The van der Waals surface area contributed by atoms with Gasteiger partial charge in [-0.05, 0) is 18.6 Å². The first-order valence-corrected chi connectivity index (χ1v) is 5.84. The van der Waals surface area contributed by atoms with Crippen molar-refractivity contribution in [2.45, 2.75) is 19.7 Å². The lowest BCUT2D eigenvalue weighted by molar-refractivity contribution is -0.274. The number of carboxylic acids is 1. The van der Waals surface area contributed by atoms with Crippen molar-refractivity contribution in [2.24, 2.45) is 0 Å². The van der Waals surface area contributed by atoms with Crippen molar-refractivity contribution >= 4 is 11.7 Å². The highest BCUT2D eigenvalue weighted by Gasteiger charge is 2.31. The number of alkyl halides is 3. The van der Waals surface area contributed by atoms with Gasteiger partial charge in [0.05, 0.1) is 0 Å². The van der Waals surface area contributed by atoms with E-state index in [0.29, 0.717) is 12.1 Å². The number of carbonyl (C=O) groups is 1. The van der Waals surface area contributed by atoms with Crippen LogP contribution in [0.3, 0.4) is 0 Å². The molecule has 0 bridgehead atoms. The number of nitrogens with one attached hydrogen (secondary N) is 1. The zero-order chi connectivity index (χ0) is 15.2. The smallest absolute Gasteiger partial charge is 0.478 e. The summed E-state index contributed by atoms with van der Waals surface area (Å²) >= 11 is 0. The van der Waals surface area contributed by atoms with E-state index >= 15 is 0 Å². The van der Waals surface area contributed by atoms with Gasteiger partial charge in [0.1, 0.15) is 5.75 Å². The Morgan fingerprint density at radius 3 is 2.70 bits per heavy atom. The maximum atomic E-state index is 12.0. The SMILES string of the molecule is CC/C(=C/CNc1cccc(OC(F)(F)F)c1)C(=O)O. The molecule has 0 saturated carbocycles. The van der Waals surface area contributed by atoms with Gasteiger partial charge in [-0.15, -0.1) is 13.2 Å². The molecule has 0 aliphatic rings. The van der Waals surface area contributed by atoms with Gasteiger partial charge >= 0.3 is 12.3 Å². The summed E-state index contributed by atoms with van der Waals surface area (Å²) in [6, 6.07) is 5.34. The van der Waals surface area contributed by atoms with Gasteiger partial charge in [0, 0.05) is 23.9 Å². The molecule has 4 nitrogen and oxygen atoms in total. The third-order valence-corrected chi connectivity index (χ3v) is 2.38. The minimum absolute atomic E-state index is 0.199. The second-order valence-electron chi connectivity index (χ2n) is 3.84. The zero-order valence-electron chi connectivity index (χ0n) is 10.7. The largest absolute Gasteiger partial charge is 0.573 e. The number of ether oxygens (including phenoxy) is 1. The van der Waals surface area contributed by atoms with Gasteiger partial charge < -0.3 is 15.2 Å². The molecule has 0 unspecified atom stereocenters. The molecule has 0 aliphatic carbocycles. The Hall–Kier alpha value is -2.18. The summed E-state index contributed by atoms with van der Waals surface area (Å²) in [5.41, 5.74) is 0.643. The van der Waals surface area contributed by atoms with Crippen LogP contribution in [0.1, 0.15) is 13.3 Å². The van der Waals surface area contributed by atoms with Crippen LogP contribution >= 0.6 is 0 Å². The summed E-state index contributed by atoms with van der Waals surface area (Å²) in [5, 5.41) is 11.6. The molecule has 1 aromatic carbocycles. The number of rotatable bonds is 6. The molecule has 7 heteroatoms. The normalized spacial score (nSPS) is 12.1. The number of hydrogen-bond donors (Lipinski definition) is 2. The first-order chi connectivity index (χ1) is 9.31. The van der Waals surface area contributed by atoms with Crippen molar-refractivity contribution in [1.82, 2.24) is 0 Å². The van der Waals surface area contributed by atoms with Gasteiger partial charge in [0.2, 0.25) is 0 Å². The minimum Gasteiger partial charge on any atom is -0.478 e. The number of aliphatic carboxylic acids is 1. The highest BCUT2D eigenvalue weighted by Crippen LogP contribution is 2.24. The third kappa shape index (κ3) is 5.64. The summed E-state index contributed by atoms with van der Waals surface area (Å²) in [5.74, 6) is -1.34. The van der Waals surface area contributed by atoms with E-state index in [0.717, 1.165) is 0 Å². The standard InChI is InChI=1S/C13H14F3NO3/c1-2-9(12(18)19)6-7-17-10-4-3-5-11(8-10)20-13(14,15)16/h3-6,8,17H,2,7H2,1H3,(H,18,19)/b9-6-.